The van der Waals surface area contributed by atoms with E-state index < -0.39 is 0 Å². The fourth-order valence-corrected chi connectivity index (χ4v) is 0.594. The van der Waals surface area contributed by atoms with Gasteiger partial charge in [0.25, 0.3) is 0 Å². The highest BCUT2D eigenvalue weighted by molar-refractivity contribution is 6.31. The lowest BCUT2D eigenvalue weighted by atomic mass is 10.5. The Morgan fingerprint density at radius 2 is 2.50 bits per heavy atom. The third-order valence-corrected chi connectivity index (χ3v) is 1.17. The number of aliphatic hydroxyl groups is 1. The van der Waals surface area contributed by atoms with E-state index in [9.17, 15) is 0 Å². The molecule has 0 aromatic carbocycles. The lowest BCUT2D eigenvalue weighted by molar-refractivity contribution is 0.247. The van der Waals surface area contributed by atoms with Crippen LogP contribution in [0.25, 0.3) is 0 Å². The van der Waals surface area contributed by atoms with Crippen LogP contribution in [0, 0.1) is 0 Å². The molecule has 44 valence electrons. The van der Waals surface area contributed by atoms with Crippen LogP contribution in [0.15, 0.2) is 16.7 Å². The number of furan rings is 1. The van der Waals surface area contributed by atoms with Gasteiger partial charge in [-0.05, 0) is 6.07 Å². The average molecular weight is 133 g/mol. The smallest absolute Gasteiger partial charge is 0.147 e. The first kappa shape index (κ1) is 5.66. The molecule has 0 saturated carbocycles. The third-order valence-electron chi connectivity index (χ3n) is 0.835. The van der Waals surface area contributed by atoms with Gasteiger partial charge in [0.05, 0.1) is 11.3 Å². The molecule has 1 heterocycles. The highest BCUT2D eigenvalue weighted by Gasteiger charge is 1.98. The van der Waals surface area contributed by atoms with E-state index in [1.807, 2.05) is 0 Å². The van der Waals surface area contributed by atoms with Crippen LogP contribution in [0.2, 0.25) is 5.02 Å². The molecule has 2 nitrogen and oxygen atoms in total. The number of rotatable bonds is 1. The maximum atomic E-state index is 8.43. The second kappa shape index (κ2) is 2.20. The van der Waals surface area contributed by atoms with Crippen molar-refractivity contribution in [2.24, 2.45) is 0 Å². The molecule has 8 heavy (non-hydrogen) atoms. The average Bonchev–Trinajstić information content (AvgIpc) is 2.14. The van der Waals surface area contributed by atoms with E-state index in [-0.39, 0.29) is 6.61 Å². The van der Waals surface area contributed by atoms with E-state index in [0.717, 1.165) is 0 Å². The van der Waals surface area contributed by atoms with Crippen molar-refractivity contribution in [2.45, 2.75) is 6.61 Å². The minimum Gasteiger partial charge on any atom is -0.465 e. The summed E-state index contributed by atoms with van der Waals surface area (Å²) >= 11 is 5.49. The van der Waals surface area contributed by atoms with Crippen molar-refractivity contribution in [3.63, 3.8) is 0 Å². The predicted molar refractivity (Wildman–Crippen MR) is 29.6 cm³/mol. The molecule has 0 bridgehead atoms. The standard InChI is InChI=1S/C5H5ClO2/c6-4-1-2-8-5(4)3-7/h1-2,7H,3H2. The lowest BCUT2D eigenvalue weighted by Gasteiger charge is -1.84. The van der Waals surface area contributed by atoms with Gasteiger partial charge in [-0.15, -0.1) is 0 Å². The van der Waals surface area contributed by atoms with Gasteiger partial charge in [0, 0.05) is 0 Å². The molecular formula is C5H5ClO2. The van der Waals surface area contributed by atoms with Gasteiger partial charge < -0.3 is 9.52 Å². The third kappa shape index (κ3) is 0.854. The zero-order valence-electron chi connectivity index (χ0n) is 4.10. The van der Waals surface area contributed by atoms with Gasteiger partial charge >= 0.3 is 0 Å². The van der Waals surface area contributed by atoms with Gasteiger partial charge in [0.2, 0.25) is 0 Å². The van der Waals surface area contributed by atoms with E-state index >= 15 is 0 Å². The Kier molecular flexibility index (Phi) is 1.56. The molecule has 0 saturated heterocycles. The van der Waals surface area contributed by atoms with Crippen molar-refractivity contribution in [3.8, 4) is 0 Å². The molecule has 0 amide bonds. The summed E-state index contributed by atoms with van der Waals surface area (Å²) < 4.78 is 4.73. The summed E-state index contributed by atoms with van der Waals surface area (Å²) in [6.07, 6.45) is 1.44. The molecule has 0 spiro atoms. The number of halogens is 1. The van der Waals surface area contributed by atoms with Gasteiger partial charge in [-0.25, -0.2) is 0 Å². The summed E-state index contributed by atoms with van der Waals surface area (Å²) in [4.78, 5) is 0. The van der Waals surface area contributed by atoms with E-state index in [1.54, 1.807) is 6.07 Å². The highest BCUT2D eigenvalue weighted by atomic mass is 35.5. The quantitative estimate of drug-likeness (QED) is 0.627. The monoisotopic (exact) mass is 132 g/mol. The summed E-state index contributed by atoms with van der Waals surface area (Å²) in [5, 5.41) is 8.91. The van der Waals surface area contributed by atoms with E-state index in [4.69, 9.17) is 21.1 Å². The van der Waals surface area contributed by atoms with Crippen molar-refractivity contribution >= 4 is 11.6 Å². The van der Waals surface area contributed by atoms with Crippen molar-refractivity contribution < 1.29 is 9.52 Å². The molecule has 3 heteroatoms. The van der Waals surface area contributed by atoms with Crippen LogP contribution < -0.4 is 0 Å². The second-order valence-electron chi connectivity index (χ2n) is 1.35. The molecule has 0 aliphatic rings. The fraction of sp³-hybridized carbons (Fsp3) is 0.200. The van der Waals surface area contributed by atoms with Crippen molar-refractivity contribution in [2.75, 3.05) is 0 Å². The van der Waals surface area contributed by atoms with Crippen LogP contribution in [0.5, 0.6) is 0 Å². The second-order valence-corrected chi connectivity index (χ2v) is 1.76. The van der Waals surface area contributed by atoms with E-state index in [0.29, 0.717) is 10.8 Å². The topological polar surface area (TPSA) is 33.4 Å². The molecule has 1 N–H and O–H groups in total. The Hall–Kier alpha value is -0.470. The molecule has 0 aliphatic carbocycles. The van der Waals surface area contributed by atoms with Crippen LogP contribution in [0.4, 0.5) is 0 Å². The van der Waals surface area contributed by atoms with Gasteiger partial charge in [-0.1, -0.05) is 11.6 Å². The SMILES string of the molecule is OCc1occc1Cl. The molecule has 0 unspecified atom stereocenters. The van der Waals surface area contributed by atoms with Crippen LogP contribution >= 0.6 is 11.6 Å². The maximum absolute atomic E-state index is 8.43. The van der Waals surface area contributed by atoms with Crippen LogP contribution in [-0.2, 0) is 6.61 Å². The summed E-state index contributed by atoms with van der Waals surface area (Å²) in [5.74, 6) is 0.423. The molecular weight excluding hydrogens is 128 g/mol. The van der Waals surface area contributed by atoms with Crippen LogP contribution in [0.3, 0.4) is 0 Å². The summed E-state index contributed by atoms with van der Waals surface area (Å²) in [6.45, 7) is -0.133. The Balaban J connectivity index is 2.92. The summed E-state index contributed by atoms with van der Waals surface area (Å²) in [5.41, 5.74) is 0. The van der Waals surface area contributed by atoms with Crippen LogP contribution in [-0.4, -0.2) is 5.11 Å². The van der Waals surface area contributed by atoms with Crippen molar-refractivity contribution in [1.82, 2.24) is 0 Å². The first-order valence-corrected chi connectivity index (χ1v) is 2.55. The Morgan fingerprint density at radius 1 is 1.75 bits per heavy atom. The number of hydrogen-bond donors (Lipinski definition) is 1. The van der Waals surface area contributed by atoms with Gasteiger partial charge in [0.1, 0.15) is 12.4 Å². The fourth-order valence-electron chi connectivity index (χ4n) is 0.438. The molecule has 1 aromatic rings. The molecule has 0 fully saturated rings. The Labute approximate surface area is 51.7 Å². The van der Waals surface area contributed by atoms with Gasteiger partial charge in [-0.2, -0.15) is 0 Å². The van der Waals surface area contributed by atoms with Crippen molar-refractivity contribution in [3.05, 3.63) is 23.1 Å². The zero-order valence-corrected chi connectivity index (χ0v) is 4.85. The molecule has 1 rings (SSSR count). The Morgan fingerprint density at radius 3 is 2.75 bits per heavy atom. The first-order valence-electron chi connectivity index (χ1n) is 2.17. The maximum Gasteiger partial charge on any atom is 0.147 e. The van der Waals surface area contributed by atoms with Crippen LogP contribution in [0.1, 0.15) is 5.76 Å². The van der Waals surface area contributed by atoms with E-state index in [1.165, 1.54) is 6.26 Å². The number of aliphatic hydroxyl groups excluding tert-OH is 1. The van der Waals surface area contributed by atoms with Gasteiger partial charge in [0.15, 0.2) is 0 Å². The minimum absolute atomic E-state index is 0.133. The number of hydrogen-bond acceptors (Lipinski definition) is 2. The molecule has 0 aliphatic heterocycles. The molecule has 0 radical (unpaired) electrons. The van der Waals surface area contributed by atoms with Gasteiger partial charge in [-0.3, -0.25) is 0 Å². The minimum atomic E-state index is -0.133. The molecule has 0 atom stereocenters. The Bertz CT molecular complexity index is 171. The van der Waals surface area contributed by atoms with E-state index in [2.05, 4.69) is 0 Å². The predicted octanol–water partition coefficient (Wildman–Crippen LogP) is 1.43. The molecule has 1 aromatic heterocycles. The summed E-state index contributed by atoms with van der Waals surface area (Å²) in [7, 11) is 0. The largest absolute Gasteiger partial charge is 0.465 e. The summed E-state index contributed by atoms with van der Waals surface area (Å²) in [6, 6.07) is 1.59. The van der Waals surface area contributed by atoms with Crippen molar-refractivity contribution in [1.29, 1.82) is 0 Å². The highest BCUT2D eigenvalue weighted by Crippen LogP contribution is 2.15. The zero-order chi connectivity index (χ0) is 5.98. The normalized spacial score (nSPS) is 9.75. The lowest BCUT2D eigenvalue weighted by Crippen LogP contribution is -1.75. The first-order chi connectivity index (χ1) is 3.84.